The van der Waals surface area contributed by atoms with Crippen molar-refractivity contribution in [3.05, 3.63) is 34.5 Å². The molecule has 1 amide bonds. The van der Waals surface area contributed by atoms with Crippen molar-refractivity contribution < 1.29 is 35.9 Å². The van der Waals surface area contributed by atoms with E-state index in [9.17, 15) is 26.7 Å². The lowest BCUT2D eigenvalue weighted by Gasteiger charge is -2.37. The van der Waals surface area contributed by atoms with Gasteiger partial charge in [0.05, 0.1) is 34.7 Å². The number of nitrogen functional groups attached to an aromatic ring is 1. The lowest BCUT2D eigenvalue weighted by molar-refractivity contribution is -0.137. The van der Waals surface area contributed by atoms with Gasteiger partial charge in [-0.15, -0.1) is 0 Å². The molecule has 0 spiro atoms. The molecular weight excluding hydrogens is 708 g/mol. The molecule has 1 unspecified atom stereocenters. The number of hydrogen-bond acceptors (Lipinski definition) is 9. The van der Waals surface area contributed by atoms with Crippen molar-refractivity contribution in [2.45, 2.75) is 96.8 Å². The second kappa shape index (κ2) is 17.5. The van der Waals surface area contributed by atoms with E-state index in [1.54, 1.807) is 4.90 Å². The third-order valence-corrected chi connectivity index (χ3v) is 10.2. The second-order valence-electron chi connectivity index (χ2n) is 12.9. The maximum Gasteiger partial charge on any atom is 0.417 e. The van der Waals surface area contributed by atoms with Crippen LogP contribution in [-0.4, -0.2) is 94.5 Å². The summed E-state index contributed by atoms with van der Waals surface area (Å²) in [7, 11) is 1.29. The Kier molecular flexibility index (Phi) is 13.9. The zero-order chi connectivity index (χ0) is 38.5. The van der Waals surface area contributed by atoms with Crippen LogP contribution in [0, 0.1) is 18.6 Å². The topological polar surface area (TPSA) is 101 Å². The summed E-state index contributed by atoms with van der Waals surface area (Å²) in [6.45, 7) is 11.9. The summed E-state index contributed by atoms with van der Waals surface area (Å²) in [5, 5.41) is -0.185. The van der Waals surface area contributed by atoms with Gasteiger partial charge < -0.3 is 20.3 Å². The minimum Gasteiger partial charge on any atom is -0.467 e. The lowest BCUT2D eigenvalue weighted by Crippen LogP contribution is -2.51. The van der Waals surface area contributed by atoms with Crippen LogP contribution in [0.5, 0.6) is 6.01 Å². The van der Waals surface area contributed by atoms with Crippen LogP contribution in [0.2, 0.25) is 0 Å². The Morgan fingerprint density at radius 1 is 1.08 bits per heavy atom. The zero-order valence-corrected chi connectivity index (χ0v) is 31.5. The lowest BCUT2D eigenvalue weighted by atomic mass is 9.95. The number of pyridine rings is 1. The number of nitrogens with zero attached hydrogens (tertiary/aromatic N) is 6. The molecule has 2 N–H and O–H groups in total. The number of carbonyl (C=O) groups is 1. The maximum atomic E-state index is 16.3. The third-order valence-electron chi connectivity index (χ3n) is 9.58. The van der Waals surface area contributed by atoms with Gasteiger partial charge in [0.15, 0.2) is 5.82 Å². The van der Waals surface area contributed by atoms with Crippen molar-refractivity contribution in [1.29, 1.82) is 0 Å². The SMILES string of the molecule is CC.CCCc1nc(-c2cc(N)c(F)c(C)c2C(F)(F)F)c(F)c2nc(OC)nc(N3CCN(C(=O)[C@@H](S)CC)CC3)c12.F[C@@H]1CC2CCCN2C1. The number of aryl methyl sites for hydroxylation is 1. The molecule has 3 fully saturated rings. The fourth-order valence-corrected chi connectivity index (χ4v) is 7.21. The van der Waals surface area contributed by atoms with E-state index < -0.39 is 57.3 Å². The smallest absolute Gasteiger partial charge is 0.417 e. The number of ether oxygens (including phenoxy) is 1. The molecule has 1 aromatic carbocycles. The largest absolute Gasteiger partial charge is 0.467 e. The van der Waals surface area contributed by atoms with Crippen LogP contribution in [0.15, 0.2) is 6.07 Å². The average molecular weight is 758 g/mol. The van der Waals surface area contributed by atoms with Gasteiger partial charge in [0.2, 0.25) is 5.91 Å². The predicted molar refractivity (Wildman–Crippen MR) is 195 cm³/mol. The van der Waals surface area contributed by atoms with Gasteiger partial charge in [0, 0.05) is 44.3 Å². The van der Waals surface area contributed by atoms with Gasteiger partial charge in [-0.2, -0.15) is 35.8 Å². The Hall–Kier alpha value is -3.53. The zero-order valence-electron chi connectivity index (χ0n) is 30.6. The number of aromatic nitrogens is 3. The van der Waals surface area contributed by atoms with Crippen molar-refractivity contribution >= 4 is 40.9 Å². The van der Waals surface area contributed by atoms with Crippen LogP contribution in [-0.2, 0) is 17.4 Å². The Morgan fingerprint density at radius 3 is 2.33 bits per heavy atom. The van der Waals surface area contributed by atoms with Crippen molar-refractivity contribution in [2.24, 2.45) is 0 Å². The number of amides is 1. The molecule has 288 valence electrons. The molecule has 3 aliphatic rings. The number of carbonyl (C=O) groups excluding carboxylic acids is 1. The minimum atomic E-state index is -5.02. The van der Waals surface area contributed by atoms with E-state index in [0.717, 1.165) is 26.0 Å². The first kappa shape index (κ1) is 41.2. The first-order valence-corrected chi connectivity index (χ1v) is 18.4. The first-order valence-electron chi connectivity index (χ1n) is 17.9. The fraction of sp³-hybridized carbons (Fsp3) is 0.611. The maximum absolute atomic E-state index is 16.3. The fourth-order valence-electron chi connectivity index (χ4n) is 7.04. The summed E-state index contributed by atoms with van der Waals surface area (Å²) < 4.78 is 91.0. The molecule has 3 aromatic rings. The highest BCUT2D eigenvalue weighted by molar-refractivity contribution is 7.81. The van der Waals surface area contributed by atoms with Crippen LogP contribution in [0.25, 0.3) is 22.2 Å². The highest BCUT2D eigenvalue weighted by Gasteiger charge is 2.39. The standard InChI is InChI=1S/C27H31F5N6O2S.C7H12FN.C2H6/c1-5-7-16-18-23(21(29)22(34-16)14-12-15(33)20(28)13(3)19(14)27(30,31)32)35-26(40-4)36-24(18)37-8-10-38(11-9-37)25(39)17(41)6-2;8-6-4-7-2-1-3-9(7)5-6;1-2/h12,17,41H,5-11,33H2,1-4H3;6-7H,1-5H2;1-2H3/t17-;6-,7?;/m01./s1. The van der Waals surface area contributed by atoms with Gasteiger partial charge >= 0.3 is 12.2 Å². The van der Waals surface area contributed by atoms with Gasteiger partial charge in [-0.3, -0.25) is 9.69 Å². The number of thiol groups is 1. The van der Waals surface area contributed by atoms with Crippen molar-refractivity contribution in [3.63, 3.8) is 0 Å². The normalized spacial score (nSPS) is 19.5. The summed E-state index contributed by atoms with van der Waals surface area (Å²) in [6, 6.07) is 1.16. The molecule has 2 aromatic heterocycles. The second-order valence-corrected chi connectivity index (χ2v) is 13.5. The third kappa shape index (κ3) is 8.64. The summed E-state index contributed by atoms with van der Waals surface area (Å²) >= 11 is 4.34. The van der Waals surface area contributed by atoms with Gasteiger partial charge in [-0.05, 0) is 57.2 Å². The average Bonchev–Trinajstić information content (AvgIpc) is 3.72. The van der Waals surface area contributed by atoms with Crippen molar-refractivity contribution in [3.8, 4) is 17.3 Å². The quantitative estimate of drug-likeness (QED) is 0.146. The van der Waals surface area contributed by atoms with Crippen LogP contribution >= 0.6 is 12.6 Å². The Labute approximate surface area is 306 Å². The number of hydrogen-bond donors (Lipinski definition) is 2. The van der Waals surface area contributed by atoms with Gasteiger partial charge in [0.1, 0.15) is 29.0 Å². The summed E-state index contributed by atoms with van der Waals surface area (Å²) in [5.74, 6) is -2.17. The van der Waals surface area contributed by atoms with E-state index >= 15 is 4.39 Å². The number of piperazine rings is 1. The molecule has 0 aliphatic carbocycles. The number of alkyl halides is 4. The molecule has 3 atom stereocenters. The van der Waals surface area contributed by atoms with E-state index in [1.807, 2.05) is 32.6 Å². The predicted octanol–water partition coefficient (Wildman–Crippen LogP) is 7.42. The molecule has 3 saturated heterocycles. The number of benzene rings is 1. The molecule has 16 heteroatoms. The molecular formula is C36H49F6N7O2S. The summed E-state index contributed by atoms with van der Waals surface area (Å²) in [6.07, 6.45) is -0.832. The monoisotopic (exact) mass is 757 g/mol. The van der Waals surface area contributed by atoms with E-state index in [0.29, 0.717) is 57.4 Å². The first-order chi connectivity index (χ1) is 24.7. The van der Waals surface area contributed by atoms with Crippen LogP contribution < -0.4 is 15.4 Å². The number of methoxy groups -OCH3 is 1. The Balaban J connectivity index is 0.000000468. The Bertz CT molecular complexity index is 1710. The number of rotatable bonds is 7. The van der Waals surface area contributed by atoms with Crippen LogP contribution in [0.4, 0.5) is 37.8 Å². The molecule has 0 saturated carbocycles. The van der Waals surface area contributed by atoms with E-state index in [4.69, 9.17) is 10.5 Å². The minimum absolute atomic E-state index is 0.0843. The van der Waals surface area contributed by atoms with Crippen molar-refractivity contribution in [1.82, 2.24) is 24.8 Å². The highest BCUT2D eigenvalue weighted by atomic mass is 32.1. The molecule has 0 bridgehead atoms. The molecule has 5 heterocycles. The summed E-state index contributed by atoms with van der Waals surface area (Å²) in [5.41, 5.74) is 1.64. The van der Waals surface area contributed by atoms with Gasteiger partial charge in [0.25, 0.3) is 0 Å². The number of halogens is 6. The van der Waals surface area contributed by atoms with Gasteiger partial charge in [-0.1, -0.05) is 34.1 Å². The van der Waals surface area contributed by atoms with E-state index in [2.05, 4.69) is 32.5 Å². The van der Waals surface area contributed by atoms with Crippen LogP contribution in [0.3, 0.4) is 0 Å². The molecule has 0 radical (unpaired) electrons. The van der Waals surface area contributed by atoms with E-state index in [1.165, 1.54) is 20.0 Å². The van der Waals surface area contributed by atoms with Crippen molar-refractivity contribution in [2.75, 3.05) is 57.0 Å². The van der Waals surface area contributed by atoms with E-state index in [-0.39, 0.29) is 34.9 Å². The highest BCUT2D eigenvalue weighted by Crippen LogP contribution is 2.44. The van der Waals surface area contributed by atoms with Gasteiger partial charge in [-0.25, -0.2) is 18.2 Å². The number of anilines is 2. The molecule has 3 aliphatic heterocycles. The number of nitrogens with two attached hydrogens (primary N) is 1. The Morgan fingerprint density at radius 2 is 1.75 bits per heavy atom. The number of fused-ring (bicyclic) bond motifs is 2. The van der Waals surface area contributed by atoms with Crippen LogP contribution in [0.1, 0.15) is 76.6 Å². The molecule has 9 nitrogen and oxygen atoms in total. The summed E-state index contributed by atoms with van der Waals surface area (Å²) in [4.78, 5) is 31.4. The molecule has 52 heavy (non-hydrogen) atoms. The molecule has 6 rings (SSSR count).